The molecule has 0 unspecified atom stereocenters. The van der Waals surface area contributed by atoms with Crippen LogP contribution in [0.1, 0.15) is 99.0 Å². The highest BCUT2D eigenvalue weighted by Gasteiger charge is 2.59. The molecule has 1 N–H and O–H groups in total. The Morgan fingerprint density at radius 3 is 1.88 bits per heavy atom. The van der Waals surface area contributed by atoms with Crippen LogP contribution in [0.5, 0.6) is 0 Å². The van der Waals surface area contributed by atoms with E-state index in [1.54, 1.807) is 12.1 Å². The lowest BCUT2D eigenvalue weighted by molar-refractivity contribution is -0.137. The number of carbonyl (C=O) groups excluding carboxylic acids is 1. The van der Waals surface area contributed by atoms with E-state index in [2.05, 4.69) is 108 Å². The van der Waals surface area contributed by atoms with Crippen LogP contribution >= 0.6 is 35.0 Å². The second-order valence-corrected chi connectivity index (χ2v) is 22.6. The van der Waals surface area contributed by atoms with Gasteiger partial charge in [-0.2, -0.15) is 11.8 Å². The van der Waals surface area contributed by atoms with E-state index < -0.39 is 25.6 Å². The number of aliphatic carboxylic acids is 1. The molecule has 52 heavy (non-hydrogen) atoms. The lowest BCUT2D eigenvalue weighted by Crippen LogP contribution is -2.66. The number of allylic oxidation sites excluding steroid dienone is 2. The topological polar surface area (TPSA) is 70.1 Å². The SMILES string of the molecule is CC1=CC(C)(C)N(C)c2cc3c(cc21)C1(OC(=O)c2c(Cl)ccc(Cl)c21)c1cc2c(cc1[Si]3(C)CCSCCCCC(=O)O)N(C)C(C)(C)C=C2C. The van der Waals surface area contributed by atoms with E-state index in [0.717, 1.165) is 46.2 Å². The van der Waals surface area contributed by atoms with Crippen molar-refractivity contribution in [3.63, 3.8) is 0 Å². The molecule has 4 heterocycles. The van der Waals surface area contributed by atoms with Crippen molar-refractivity contribution in [3.8, 4) is 0 Å². The molecule has 0 saturated carbocycles. The summed E-state index contributed by atoms with van der Waals surface area (Å²) >= 11 is 16.0. The predicted octanol–water partition coefficient (Wildman–Crippen LogP) is 9.21. The zero-order valence-electron chi connectivity index (χ0n) is 31.6. The summed E-state index contributed by atoms with van der Waals surface area (Å²) in [5, 5.41) is 12.4. The minimum atomic E-state index is -2.62. The van der Waals surface area contributed by atoms with Crippen molar-refractivity contribution in [2.75, 3.05) is 35.4 Å². The number of ether oxygens (including phenoxy) is 1. The molecule has 10 heteroatoms. The summed E-state index contributed by atoms with van der Waals surface area (Å²) in [6, 6.07) is 13.8. The lowest BCUT2D eigenvalue weighted by Gasteiger charge is -2.49. The summed E-state index contributed by atoms with van der Waals surface area (Å²) in [7, 11) is 1.71. The number of esters is 1. The average Bonchev–Trinajstić information content (AvgIpc) is 3.39. The number of benzene rings is 3. The summed E-state index contributed by atoms with van der Waals surface area (Å²) in [6.07, 6.45) is 6.37. The van der Waals surface area contributed by atoms with Crippen LogP contribution in [0.3, 0.4) is 0 Å². The molecule has 6 nitrogen and oxygen atoms in total. The maximum absolute atomic E-state index is 14.2. The Balaban J connectivity index is 1.53. The molecule has 274 valence electrons. The highest BCUT2D eigenvalue weighted by molar-refractivity contribution is 7.99. The maximum atomic E-state index is 14.2. The molecular formula is C42H48Cl2N2O4SSi. The summed E-state index contributed by atoms with van der Waals surface area (Å²) in [4.78, 5) is 30.0. The molecule has 0 saturated heterocycles. The van der Waals surface area contributed by atoms with Gasteiger partial charge in [-0.3, -0.25) is 4.79 Å². The van der Waals surface area contributed by atoms with Crippen molar-refractivity contribution < 1.29 is 19.4 Å². The van der Waals surface area contributed by atoms with E-state index in [4.69, 9.17) is 33.0 Å². The van der Waals surface area contributed by atoms with Crippen molar-refractivity contribution in [3.05, 3.63) is 92.0 Å². The second-order valence-electron chi connectivity index (χ2n) is 16.3. The number of thioether (sulfide) groups is 1. The van der Waals surface area contributed by atoms with E-state index in [1.807, 2.05) is 11.8 Å². The van der Waals surface area contributed by atoms with Crippen molar-refractivity contribution in [2.24, 2.45) is 0 Å². The molecule has 3 aromatic rings. The number of hydrogen-bond acceptors (Lipinski definition) is 6. The number of unbranched alkanes of at least 4 members (excludes halogenated alkanes) is 1. The Kier molecular flexibility index (Phi) is 9.08. The quantitative estimate of drug-likeness (QED) is 0.139. The summed E-state index contributed by atoms with van der Waals surface area (Å²) in [5.41, 5.74) is 8.14. The molecule has 0 bridgehead atoms. The molecule has 0 amide bonds. The van der Waals surface area contributed by atoms with E-state index in [-0.39, 0.29) is 17.5 Å². The molecule has 4 aliphatic rings. The molecular weight excluding hydrogens is 728 g/mol. The van der Waals surface area contributed by atoms with Gasteiger partial charge in [-0.15, -0.1) is 0 Å². The number of nitrogens with zero attached hydrogens (tertiary/aromatic N) is 2. The fourth-order valence-corrected chi connectivity index (χ4v) is 15.8. The molecule has 7 rings (SSSR count). The van der Waals surface area contributed by atoms with E-state index in [9.17, 15) is 9.59 Å². The Labute approximate surface area is 323 Å². The van der Waals surface area contributed by atoms with Crippen LogP contribution < -0.4 is 20.2 Å². The summed E-state index contributed by atoms with van der Waals surface area (Å²) < 4.78 is 6.84. The molecule has 3 aromatic carbocycles. The van der Waals surface area contributed by atoms with E-state index in [1.165, 1.54) is 32.9 Å². The van der Waals surface area contributed by atoms with Crippen LogP contribution in [0.25, 0.3) is 11.1 Å². The first kappa shape index (κ1) is 37.2. The van der Waals surface area contributed by atoms with Gasteiger partial charge in [-0.05, 0) is 130 Å². The van der Waals surface area contributed by atoms with Gasteiger partial charge < -0.3 is 19.6 Å². The second kappa shape index (κ2) is 12.7. The van der Waals surface area contributed by atoms with E-state index in [0.29, 0.717) is 27.6 Å². The van der Waals surface area contributed by atoms with Crippen LogP contribution in [0, 0.1) is 0 Å². The Morgan fingerprint density at radius 1 is 0.846 bits per heavy atom. The Bertz CT molecular complexity index is 2030. The number of halogens is 2. The number of anilines is 2. The number of carboxylic acids is 1. The van der Waals surface area contributed by atoms with Gasteiger partial charge in [0.05, 0.1) is 21.7 Å². The Hall–Kier alpha value is -3.17. The van der Waals surface area contributed by atoms with Crippen molar-refractivity contribution in [2.45, 2.75) is 90.1 Å². The molecule has 0 atom stereocenters. The van der Waals surface area contributed by atoms with Crippen LogP contribution in [0.4, 0.5) is 11.4 Å². The standard InChI is InChI=1S/C42H48Cl2N2O4SSi/c1-24-22-40(3,4)45(7)32-20-34-28(18-26(24)32)42(38-31(44)14-13-30(43)37(38)39(49)50-42)29-19-27-25(2)23-41(5,6)46(8)33(27)21-35(29)52(34,9)17-16-51-15-11-10-12-36(47)48/h13-14,18-23H,10-12,15-17H2,1-9H3,(H,47,48). The monoisotopic (exact) mass is 774 g/mol. The highest BCUT2D eigenvalue weighted by atomic mass is 35.5. The van der Waals surface area contributed by atoms with Crippen LogP contribution in [-0.2, 0) is 15.1 Å². The smallest absolute Gasteiger partial charge is 0.341 e. The fraction of sp³-hybridized carbons (Fsp3) is 0.429. The Morgan fingerprint density at radius 2 is 1.37 bits per heavy atom. The number of fused-ring (bicyclic) bond motifs is 8. The number of hydrogen-bond donors (Lipinski definition) is 1. The minimum Gasteiger partial charge on any atom is -0.481 e. The van der Waals surface area contributed by atoms with Crippen molar-refractivity contribution >= 4 is 87.9 Å². The van der Waals surface area contributed by atoms with Gasteiger partial charge >= 0.3 is 11.9 Å². The maximum Gasteiger partial charge on any atom is 0.341 e. The van der Waals surface area contributed by atoms with Crippen molar-refractivity contribution in [1.82, 2.24) is 0 Å². The van der Waals surface area contributed by atoms with Crippen LogP contribution in [-0.4, -0.2) is 61.8 Å². The minimum absolute atomic E-state index is 0.195. The van der Waals surface area contributed by atoms with Gasteiger partial charge in [0.25, 0.3) is 0 Å². The van der Waals surface area contributed by atoms with Crippen LogP contribution in [0.2, 0.25) is 22.6 Å². The normalized spacial score (nSPS) is 23.2. The number of likely N-dealkylation sites (N-methyl/N-ethyl adjacent to an activating group) is 2. The third kappa shape index (κ3) is 5.49. The van der Waals surface area contributed by atoms with E-state index >= 15 is 0 Å². The molecule has 4 aliphatic heterocycles. The van der Waals surface area contributed by atoms with Gasteiger partial charge in [0.15, 0.2) is 5.60 Å². The molecule has 1 spiro atoms. The first-order valence-corrected chi connectivity index (χ1v) is 22.7. The highest BCUT2D eigenvalue weighted by Crippen LogP contribution is 2.55. The fourth-order valence-electron chi connectivity index (χ4n) is 9.02. The zero-order chi connectivity index (χ0) is 37.7. The first-order valence-electron chi connectivity index (χ1n) is 18.1. The average molecular weight is 776 g/mol. The summed E-state index contributed by atoms with van der Waals surface area (Å²) in [6.45, 7) is 15.8. The van der Waals surface area contributed by atoms with Gasteiger partial charge in [0.2, 0.25) is 0 Å². The molecule has 0 aliphatic carbocycles. The summed E-state index contributed by atoms with van der Waals surface area (Å²) in [5.74, 6) is 0.636. The van der Waals surface area contributed by atoms with Crippen molar-refractivity contribution in [1.29, 1.82) is 0 Å². The first-order chi connectivity index (χ1) is 24.3. The number of rotatable bonds is 8. The molecule has 0 fully saturated rings. The van der Waals surface area contributed by atoms with Gasteiger partial charge in [0, 0.05) is 64.7 Å². The third-order valence-electron chi connectivity index (χ3n) is 12.2. The molecule has 0 aromatic heterocycles. The largest absolute Gasteiger partial charge is 0.481 e. The molecule has 0 radical (unpaired) electrons. The lowest BCUT2D eigenvalue weighted by atomic mass is 9.76. The number of carboxylic acid groups (broad SMARTS) is 1. The van der Waals surface area contributed by atoms with Gasteiger partial charge in [-0.25, -0.2) is 4.79 Å². The van der Waals surface area contributed by atoms with Gasteiger partial charge in [-0.1, -0.05) is 41.9 Å². The zero-order valence-corrected chi connectivity index (χ0v) is 34.9. The third-order valence-corrected chi connectivity index (χ3v) is 18.8. The van der Waals surface area contributed by atoms with Crippen LogP contribution in [0.15, 0.2) is 48.6 Å². The number of carbonyl (C=O) groups is 2. The predicted molar refractivity (Wildman–Crippen MR) is 221 cm³/mol. The van der Waals surface area contributed by atoms with Gasteiger partial charge in [0.1, 0.15) is 8.07 Å².